The molecule has 0 nitrogen and oxygen atoms in total. The van der Waals surface area contributed by atoms with Gasteiger partial charge in [0.2, 0.25) is 6.71 Å². The first-order valence-electron chi connectivity index (χ1n) is 19.7. The Labute approximate surface area is 323 Å². The molecule has 54 heavy (non-hydrogen) atoms. The highest BCUT2D eigenvalue weighted by molar-refractivity contribution is 6.97. The molecule has 0 aliphatic heterocycles. The van der Waals surface area contributed by atoms with Crippen LogP contribution in [-0.2, 0) is 5.41 Å². The maximum absolute atomic E-state index is 2.42. The van der Waals surface area contributed by atoms with Crippen LogP contribution in [0.25, 0.3) is 33.4 Å². The average molecular weight is 697 g/mol. The first-order valence-corrected chi connectivity index (χ1v) is 19.7. The molecule has 1 spiro atoms. The molecule has 9 rings (SSSR count). The molecule has 264 valence electrons. The lowest BCUT2D eigenvalue weighted by molar-refractivity contribution is 0.794. The lowest BCUT2D eigenvalue weighted by Crippen LogP contribution is -2.57. The van der Waals surface area contributed by atoms with Gasteiger partial charge >= 0.3 is 0 Å². The summed E-state index contributed by atoms with van der Waals surface area (Å²) >= 11 is 0. The van der Waals surface area contributed by atoms with Crippen LogP contribution in [0.4, 0.5) is 0 Å². The van der Waals surface area contributed by atoms with Gasteiger partial charge in [0.25, 0.3) is 0 Å². The summed E-state index contributed by atoms with van der Waals surface area (Å²) in [6, 6.07) is 44.1. The summed E-state index contributed by atoms with van der Waals surface area (Å²) in [4.78, 5) is 0. The summed E-state index contributed by atoms with van der Waals surface area (Å²) in [5.41, 5.74) is 31.4. The molecular formula is C53H49B. The number of hydrogen-bond acceptors (Lipinski definition) is 0. The molecule has 0 atom stereocenters. The van der Waals surface area contributed by atoms with E-state index in [1.807, 2.05) is 0 Å². The second-order valence-electron chi connectivity index (χ2n) is 16.5. The van der Waals surface area contributed by atoms with Crippen LogP contribution in [0.2, 0.25) is 0 Å². The zero-order valence-corrected chi connectivity index (χ0v) is 33.5. The fourth-order valence-corrected chi connectivity index (χ4v) is 11.3. The van der Waals surface area contributed by atoms with Gasteiger partial charge in [0, 0.05) is 0 Å². The predicted molar refractivity (Wildman–Crippen MR) is 233 cm³/mol. The Bertz CT molecular complexity index is 2540. The molecule has 2 aliphatic rings. The first kappa shape index (κ1) is 34.4. The lowest BCUT2D eigenvalue weighted by atomic mass is 9.32. The Balaban J connectivity index is 1.35. The van der Waals surface area contributed by atoms with E-state index in [2.05, 4.69) is 184 Å². The highest BCUT2D eigenvalue weighted by Crippen LogP contribution is 2.64. The van der Waals surface area contributed by atoms with Crippen LogP contribution < -0.4 is 16.4 Å². The Hall–Kier alpha value is -5.40. The summed E-state index contributed by atoms with van der Waals surface area (Å²) in [6.45, 7) is 23.4. The topological polar surface area (TPSA) is 0 Å². The Morgan fingerprint density at radius 1 is 0.333 bits per heavy atom. The van der Waals surface area contributed by atoms with Crippen molar-refractivity contribution >= 4 is 23.1 Å². The van der Waals surface area contributed by atoms with Gasteiger partial charge in [-0.15, -0.1) is 0 Å². The van der Waals surface area contributed by atoms with Gasteiger partial charge in [0.15, 0.2) is 0 Å². The number of hydrogen-bond donors (Lipinski definition) is 0. The molecule has 2 aliphatic carbocycles. The SMILES string of the molecule is Cc1cc(C)c(B(c2c(C)cc(C)cc2C)c2c(C)c(C)c(-c3cccc4c3-c3ccccc3C43c4ccccc4-c4ccccc43)c(C)c2C)c(C)c1. The van der Waals surface area contributed by atoms with Crippen LogP contribution in [0.5, 0.6) is 0 Å². The molecule has 0 bridgehead atoms. The van der Waals surface area contributed by atoms with Gasteiger partial charge in [0.1, 0.15) is 0 Å². The van der Waals surface area contributed by atoms with Crippen molar-refractivity contribution in [1.29, 1.82) is 0 Å². The van der Waals surface area contributed by atoms with E-state index in [4.69, 9.17) is 0 Å². The van der Waals surface area contributed by atoms with Crippen molar-refractivity contribution in [3.63, 3.8) is 0 Å². The Kier molecular flexibility index (Phi) is 7.84. The van der Waals surface area contributed by atoms with E-state index in [0.717, 1.165) is 0 Å². The summed E-state index contributed by atoms with van der Waals surface area (Å²) < 4.78 is 0. The van der Waals surface area contributed by atoms with Crippen LogP contribution in [-0.4, -0.2) is 6.71 Å². The fourth-order valence-electron chi connectivity index (χ4n) is 11.3. The zero-order valence-electron chi connectivity index (χ0n) is 33.5. The van der Waals surface area contributed by atoms with Crippen molar-refractivity contribution in [3.05, 3.63) is 193 Å². The van der Waals surface area contributed by atoms with E-state index in [1.165, 1.54) is 128 Å². The number of rotatable bonds is 4. The Morgan fingerprint density at radius 2 is 0.704 bits per heavy atom. The third-order valence-corrected chi connectivity index (χ3v) is 13.3. The van der Waals surface area contributed by atoms with E-state index >= 15 is 0 Å². The van der Waals surface area contributed by atoms with Crippen LogP contribution in [0.3, 0.4) is 0 Å². The van der Waals surface area contributed by atoms with Gasteiger partial charge in [-0.05, 0) is 136 Å². The van der Waals surface area contributed by atoms with E-state index in [9.17, 15) is 0 Å². The normalized spacial score (nSPS) is 13.1. The molecular weight excluding hydrogens is 647 g/mol. The second-order valence-corrected chi connectivity index (χ2v) is 16.5. The molecule has 0 aromatic heterocycles. The average Bonchev–Trinajstić information content (AvgIpc) is 3.61. The van der Waals surface area contributed by atoms with Gasteiger partial charge in [-0.1, -0.05) is 176 Å². The second kappa shape index (κ2) is 12.3. The minimum absolute atomic E-state index is 0.134. The molecule has 1 heteroatoms. The molecule has 0 fully saturated rings. The number of benzene rings is 7. The van der Waals surface area contributed by atoms with E-state index < -0.39 is 0 Å². The maximum atomic E-state index is 2.42. The van der Waals surface area contributed by atoms with E-state index in [0.29, 0.717) is 0 Å². The third-order valence-electron chi connectivity index (χ3n) is 13.3. The molecule has 0 unspecified atom stereocenters. The van der Waals surface area contributed by atoms with Crippen LogP contribution in [0.15, 0.2) is 115 Å². The summed E-state index contributed by atoms with van der Waals surface area (Å²) in [6.07, 6.45) is 0. The number of aryl methyl sites for hydroxylation is 6. The summed E-state index contributed by atoms with van der Waals surface area (Å²) in [5, 5.41) is 0. The number of fused-ring (bicyclic) bond motifs is 10. The summed E-state index contributed by atoms with van der Waals surface area (Å²) in [5.74, 6) is 0. The quantitative estimate of drug-likeness (QED) is 0.161. The third kappa shape index (κ3) is 4.57. The predicted octanol–water partition coefficient (Wildman–Crippen LogP) is 11.3. The molecule has 0 radical (unpaired) electrons. The van der Waals surface area contributed by atoms with Crippen molar-refractivity contribution in [2.45, 2.75) is 74.7 Å². The maximum Gasteiger partial charge on any atom is 0.243 e. The van der Waals surface area contributed by atoms with Crippen molar-refractivity contribution in [1.82, 2.24) is 0 Å². The van der Waals surface area contributed by atoms with Gasteiger partial charge in [-0.3, -0.25) is 0 Å². The molecule has 7 aromatic carbocycles. The van der Waals surface area contributed by atoms with Gasteiger partial charge in [-0.25, -0.2) is 0 Å². The van der Waals surface area contributed by atoms with E-state index in [1.54, 1.807) is 0 Å². The van der Waals surface area contributed by atoms with Gasteiger partial charge in [-0.2, -0.15) is 0 Å². The molecule has 0 saturated carbocycles. The minimum Gasteiger partial charge on any atom is -0.0629 e. The monoisotopic (exact) mass is 696 g/mol. The van der Waals surface area contributed by atoms with Crippen molar-refractivity contribution in [3.8, 4) is 33.4 Å². The zero-order chi connectivity index (χ0) is 37.8. The largest absolute Gasteiger partial charge is 0.243 e. The van der Waals surface area contributed by atoms with E-state index in [-0.39, 0.29) is 12.1 Å². The van der Waals surface area contributed by atoms with Crippen molar-refractivity contribution in [2.24, 2.45) is 0 Å². The molecule has 0 N–H and O–H groups in total. The molecule has 0 heterocycles. The molecule has 0 amide bonds. The van der Waals surface area contributed by atoms with Crippen molar-refractivity contribution < 1.29 is 0 Å². The highest BCUT2D eigenvalue weighted by atomic mass is 14.5. The van der Waals surface area contributed by atoms with Crippen molar-refractivity contribution in [2.75, 3.05) is 0 Å². The standard InChI is InChI=1S/C53H49B/c1-30-26-32(3)50(33(4)27-30)54(51-34(5)28-31(2)29-35(51)6)52-38(9)36(7)48(37(8)39(52)10)43-21-17-25-47-49(43)42-20-13-16-24-46(42)53(47)44-22-14-11-18-40(44)41-19-12-15-23-45(41)53/h11-29H,1-10H3. The fraction of sp³-hybridized carbons (Fsp3) is 0.208. The first-order chi connectivity index (χ1) is 26.0. The highest BCUT2D eigenvalue weighted by Gasteiger charge is 2.52. The minimum atomic E-state index is -0.354. The Morgan fingerprint density at radius 3 is 1.17 bits per heavy atom. The van der Waals surface area contributed by atoms with Gasteiger partial charge < -0.3 is 0 Å². The summed E-state index contributed by atoms with van der Waals surface area (Å²) in [7, 11) is 0. The van der Waals surface area contributed by atoms with Crippen LogP contribution >= 0.6 is 0 Å². The smallest absolute Gasteiger partial charge is 0.0629 e. The lowest BCUT2D eigenvalue weighted by Gasteiger charge is -2.31. The van der Waals surface area contributed by atoms with Crippen LogP contribution in [0.1, 0.15) is 77.9 Å². The van der Waals surface area contributed by atoms with Gasteiger partial charge in [0.05, 0.1) is 5.41 Å². The molecule has 7 aromatic rings. The van der Waals surface area contributed by atoms with Crippen LogP contribution in [0, 0.1) is 69.2 Å². The molecule has 0 saturated heterocycles.